The Labute approximate surface area is 161 Å². The second-order valence-corrected chi connectivity index (χ2v) is 7.14. The van der Waals surface area contributed by atoms with Gasteiger partial charge >= 0.3 is 0 Å². The van der Waals surface area contributed by atoms with Crippen LogP contribution in [-0.4, -0.2) is 36.6 Å². The number of methoxy groups -OCH3 is 2. The van der Waals surface area contributed by atoms with E-state index in [-0.39, 0.29) is 11.9 Å². The van der Waals surface area contributed by atoms with Crippen LogP contribution in [0.5, 0.6) is 11.5 Å². The Bertz CT molecular complexity index is 935. The first-order chi connectivity index (χ1) is 13.2. The van der Waals surface area contributed by atoms with Crippen molar-refractivity contribution >= 4 is 17.2 Å². The lowest BCUT2D eigenvalue weighted by molar-refractivity contribution is 0.0730. The number of hydrogen-bond acceptors (Lipinski definition) is 6. The van der Waals surface area contributed by atoms with E-state index in [2.05, 4.69) is 4.98 Å². The molecule has 7 heteroatoms. The number of benzene rings is 1. The second-order valence-electron chi connectivity index (χ2n) is 6.29. The lowest BCUT2D eigenvalue weighted by Gasteiger charge is -2.25. The van der Waals surface area contributed by atoms with Gasteiger partial charge in [-0.1, -0.05) is 6.07 Å². The second kappa shape index (κ2) is 7.44. The van der Waals surface area contributed by atoms with Crippen molar-refractivity contribution in [1.29, 1.82) is 0 Å². The quantitative estimate of drug-likeness (QED) is 0.652. The van der Waals surface area contributed by atoms with E-state index in [1.807, 2.05) is 35.2 Å². The van der Waals surface area contributed by atoms with Crippen molar-refractivity contribution in [3.63, 3.8) is 0 Å². The highest BCUT2D eigenvalue weighted by Crippen LogP contribution is 2.38. The summed E-state index contributed by atoms with van der Waals surface area (Å²) in [6, 6.07) is 9.48. The van der Waals surface area contributed by atoms with Gasteiger partial charge in [0.1, 0.15) is 5.69 Å². The maximum Gasteiger partial charge on any atom is 0.273 e. The molecular formula is C20H20N2O4S. The summed E-state index contributed by atoms with van der Waals surface area (Å²) in [5, 5.41) is 2.51. The lowest BCUT2D eigenvalue weighted by Crippen LogP contribution is -2.30. The molecule has 1 amide bonds. The summed E-state index contributed by atoms with van der Waals surface area (Å²) in [6.45, 7) is 0.714. The van der Waals surface area contributed by atoms with Crippen LogP contribution in [0, 0.1) is 0 Å². The van der Waals surface area contributed by atoms with Crippen LogP contribution >= 0.6 is 11.3 Å². The van der Waals surface area contributed by atoms with Crippen LogP contribution in [0.3, 0.4) is 0 Å². The third-order valence-electron chi connectivity index (χ3n) is 4.76. The van der Waals surface area contributed by atoms with Gasteiger partial charge in [-0.15, -0.1) is 11.3 Å². The number of aromatic nitrogens is 1. The van der Waals surface area contributed by atoms with E-state index >= 15 is 0 Å². The van der Waals surface area contributed by atoms with Crippen LogP contribution in [0.4, 0.5) is 0 Å². The SMILES string of the molecule is COc1ccc(C2CCCN2C(=O)c2csc(-c3ccco3)n2)cc1OC. The van der Waals surface area contributed by atoms with Gasteiger partial charge in [-0.25, -0.2) is 4.98 Å². The van der Waals surface area contributed by atoms with Crippen molar-refractivity contribution in [2.75, 3.05) is 20.8 Å². The zero-order valence-electron chi connectivity index (χ0n) is 15.2. The number of carbonyl (C=O) groups excluding carboxylic acids is 1. The Morgan fingerprint density at radius 3 is 2.85 bits per heavy atom. The Morgan fingerprint density at radius 1 is 1.26 bits per heavy atom. The number of rotatable bonds is 5. The first kappa shape index (κ1) is 17.6. The Morgan fingerprint density at radius 2 is 2.11 bits per heavy atom. The molecule has 0 saturated carbocycles. The summed E-state index contributed by atoms with van der Waals surface area (Å²) < 4.78 is 16.1. The maximum atomic E-state index is 13.1. The fourth-order valence-electron chi connectivity index (χ4n) is 3.45. The van der Waals surface area contributed by atoms with Gasteiger partial charge in [0.2, 0.25) is 0 Å². The molecule has 1 aromatic carbocycles. The molecule has 1 aliphatic heterocycles. The van der Waals surface area contributed by atoms with E-state index in [4.69, 9.17) is 13.9 Å². The molecule has 1 saturated heterocycles. The molecule has 0 spiro atoms. The largest absolute Gasteiger partial charge is 0.493 e. The number of amides is 1. The molecule has 1 fully saturated rings. The third-order valence-corrected chi connectivity index (χ3v) is 5.62. The average molecular weight is 384 g/mol. The highest BCUT2D eigenvalue weighted by molar-refractivity contribution is 7.13. The molecule has 1 unspecified atom stereocenters. The molecule has 0 bridgehead atoms. The smallest absolute Gasteiger partial charge is 0.273 e. The summed E-state index contributed by atoms with van der Waals surface area (Å²) in [4.78, 5) is 19.4. The van der Waals surface area contributed by atoms with Crippen LogP contribution in [0.1, 0.15) is 34.9 Å². The molecule has 0 aliphatic carbocycles. The highest BCUT2D eigenvalue weighted by atomic mass is 32.1. The van der Waals surface area contributed by atoms with Crippen molar-refractivity contribution < 1.29 is 18.7 Å². The van der Waals surface area contributed by atoms with Gasteiger partial charge in [-0.2, -0.15) is 0 Å². The molecule has 27 heavy (non-hydrogen) atoms. The molecule has 6 nitrogen and oxygen atoms in total. The standard InChI is InChI=1S/C20H20N2O4S/c1-24-16-8-7-13(11-18(16)25-2)15-5-3-9-22(15)20(23)14-12-27-19(21-14)17-6-4-10-26-17/h4,6-8,10-12,15H,3,5,9H2,1-2H3. The van der Waals surface area contributed by atoms with Gasteiger partial charge in [-0.05, 0) is 42.7 Å². The van der Waals surface area contributed by atoms with Crippen LogP contribution < -0.4 is 9.47 Å². The average Bonchev–Trinajstić information content (AvgIpc) is 3.47. The van der Waals surface area contributed by atoms with Crippen LogP contribution in [0.15, 0.2) is 46.4 Å². The number of carbonyl (C=O) groups is 1. The lowest BCUT2D eigenvalue weighted by atomic mass is 10.0. The van der Waals surface area contributed by atoms with Crippen molar-refractivity contribution in [1.82, 2.24) is 9.88 Å². The van der Waals surface area contributed by atoms with Gasteiger partial charge in [0.05, 0.1) is 26.5 Å². The predicted molar refractivity (Wildman–Crippen MR) is 102 cm³/mol. The maximum absolute atomic E-state index is 13.1. The zero-order valence-corrected chi connectivity index (χ0v) is 16.0. The molecule has 3 aromatic rings. The zero-order chi connectivity index (χ0) is 18.8. The van der Waals surface area contributed by atoms with Gasteiger partial charge in [0.25, 0.3) is 5.91 Å². The van der Waals surface area contributed by atoms with Gasteiger partial charge in [-0.3, -0.25) is 4.79 Å². The molecular weight excluding hydrogens is 364 g/mol. The normalized spacial score (nSPS) is 16.5. The Kier molecular flexibility index (Phi) is 4.85. The van der Waals surface area contributed by atoms with E-state index in [1.54, 1.807) is 25.9 Å². The van der Waals surface area contributed by atoms with E-state index < -0.39 is 0 Å². The highest BCUT2D eigenvalue weighted by Gasteiger charge is 2.32. The molecule has 3 heterocycles. The molecule has 0 radical (unpaired) electrons. The van der Waals surface area contributed by atoms with Crippen LogP contribution in [0.25, 0.3) is 10.8 Å². The molecule has 2 aromatic heterocycles. The molecule has 0 N–H and O–H groups in total. The molecule has 1 atom stereocenters. The fraction of sp³-hybridized carbons (Fsp3) is 0.300. The number of ether oxygens (including phenoxy) is 2. The summed E-state index contributed by atoms with van der Waals surface area (Å²) in [5.41, 5.74) is 1.50. The Balaban J connectivity index is 1.59. The summed E-state index contributed by atoms with van der Waals surface area (Å²) >= 11 is 1.41. The van der Waals surface area contributed by atoms with Crippen LogP contribution in [-0.2, 0) is 0 Å². The van der Waals surface area contributed by atoms with Crippen molar-refractivity contribution in [2.24, 2.45) is 0 Å². The van der Waals surface area contributed by atoms with Gasteiger partial charge in [0, 0.05) is 11.9 Å². The molecule has 1 aliphatic rings. The van der Waals surface area contributed by atoms with Gasteiger partial charge in [0.15, 0.2) is 22.3 Å². The number of thiazole rings is 1. The van der Waals surface area contributed by atoms with Crippen molar-refractivity contribution in [3.05, 3.63) is 53.2 Å². The van der Waals surface area contributed by atoms with E-state index in [0.717, 1.165) is 18.4 Å². The van der Waals surface area contributed by atoms with Gasteiger partial charge < -0.3 is 18.8 Å². The topological polar surface area (TPSA) is 64.8 Å². The minimum Gasteiger partial charge on any atom is -0.493 e. The first-order valence-corrected chi connectivity index (χ1v) is 9.61. The predicted octanol–water partition coefficient (Wildman–Crippen LogP) is 4.40. The summed E-state index contributed by atoms with van der Waals surface area (Å²) in [7, 11) is 3.23. The number of furan rings is 1. The first-order valence-electron chi connectivity index (χ1n) is 8.73. The summed E-state index contributed by atoms with van der Waals surface area (Å²) in [6.07, 6.45) is 3.47. The van der Waals surface area contributed by atoms with Crippen molar-refractivity contribution in [3.8, 4) is 22.3 Å². The minimum atomic E-state index is -0.0543. The number of likely N-dealkylation sites (tertiary alicyclic amines) is 1. The van der Waals surface area contributed by atoms with Crippen molar-refractivity contribution in [2.45, 2.75) is 18.9 Å². The van der Waals surface area contributed by atoms with Crippen LogP contribution in [0.2, 0.25) is 0 Å². The molecule has 4 rings (SSSR count). The van der Waals surface area contributed by atoms with E-state index in [9.17, 15) is 4.79 Å². The number of nitrogens with zero attached hydrogens (tertiary/aromatic N) is 2. The Hall–Kier alpha value is -2.80. The van der Waals surface area contributed by atoms with E-state index in [1.165, 1.54) is 11.3 Å². The minimum absolute atomic E-state index is 0.00562. The number of hydrogen-bond donors (Lipinski definition) is 0. The monoisotopic (exact) mass is 384 g/mol. The van der Waals surface area contributed by atoms with E-state index in [0.29, 0.717) is 34.5 Å². The third kappa shape index (κ3) is 3.30. The fourth-order valence-corrected chi connectivity index (χ4v) is 4.21. The molecule has 140 valence electrons. The summed E-state index contributed by atoms with van der Waals surface area (Å²) in [5.74, 6) is 1.97.